The first kappa shape index (κ1) is 11.7. The van der Waals surface area contributed by atoms with E-state index in [1.54, 1.807) is 12.1 Å². The molecule has 0 radical (unpaired) electrons. The predicted molar refractivity (Wildman–Crippen MR) is 63.3 cm³/mol. The fourth-order valence-electron chi connectivity index (χ4n) is 1.83. The van der Waals surface area contributed by atoms with Crippen LogP contribution in [-0.4, -0.2) is 22.2 Å². The second-order valence-electron chi connectivity index (χ2n) is 3.57. The summed E-state index contributed by atoms with van der Waals surface area (Å²) in [5, 5.41) is 21.3. The highest BCUT2D eigenvalue weighted by Crippen LogP contribution is 2.31. The van der Waals surface area contributed by atoms with Crippen LogP contribution in [0.5, 0.6) is 0 Å². The molecule has 0 aliphatic heterocycles. The number of fused-ring (bicyclic) bond motifs is 1. The molecule has 2 aromatic rings. The summed E-state index contributed by atoms with van der Waals surface area (Å²) in [5.41, 5.74) is -0.880. The lowest BCUT2D eigenvalue weighted by Crippen LogP contribution is -2.08. The van der Waals surface area contributed by atoms with Crippen LogP contribution in [0.4, 0.5) is 5.69 Å². The van der Waals surface area contributed by atoms with Gasteiger partial charge >= 0.3 is 11.9 Å². The maximum atomic E-state index is 11.2. The highest BCUT2D eigenvalue weighted by molar-refractivity contribution is 6.14. The Labute approximate surface area is 100 Å². The molecule has 0 unspecified atom stereocenters. The van der Waals surface area contributed by atoms with E-state index in [1.165, 1.54) is 12.1 Å². The van der Waals surface area contributed by atoms with Gasteiger partial charge in [0, 0.05) is 5.39 Å². The molecule has 0 aliphatic carbocycles. The van der Waals surface area contributed by atoms with Crippen LogP contribution in [0, 0.1) is 4.91 Å². The van der Waals surface area contributed by atoms with Gasteiger partial charge in [-0.2, -0.15) is 0 Å². The normalized spacial score (nSPS) is 10.2. The van der Waals surface area contributed by atoms with Crippen molar-refractivity contribution in [1.82, 2.24) is 0 Å². The van der Waals surface area contributed by atoms with Gasteiger partial charge in [0.2, 0.25) is 0 Å². The third-order valence-corrected chi connectivity index (χ3v) is 2.57. The summed E-state index contributed by atoms with van der Waals surface area (Å²) in [5.74, 6) is -2.77. The average Bonchev–Trinajstić information content (AvgIpc) is 2.36. The Balaban J connectivity index is 3.01. The molecule has 0 bridgehead atoms. The minimum Gasteiger partial charge on any atom is -0.478 e. The van der Waals surface area contributed by atoms with Gasteiger partial charge in [0.15, 0.2) is 0 Å². The van der Waals surface area contributed by atoms with Gasteiger partial charge in [-0.3, -0.25) is 0 Å². The van der Waals surface area contributed by atoms with Gasteiger partial charge in [-0.25, -0.2) is 9.59 Å². The highest BCUT2D eigenvalue weighted by atomic mass is 16.4. The fourth-order valence-corrected chi connectivity index (χ4v) is 1.83. The molecule has 0 fully saturated rings. The van der Waals surface area contributed by atoms with Crippen molar-refractivity contribution in [2.75, 3.05) is 0 Å². The van der Waals surface area contributed by atoms with Gasteiger partial charge < -0.3 is 10.2 Å². The van der Waals surface area contributed by atoms with E-state index in [-0.39, 0.29) is 16.6 Å². The number of hydrogen-bond acceptors (Lipinski definition) is 4. The predicted octanol–water partition coefficient (Wildman–Crippen LogP) is 2.63. The average molecular weight is 245 g/mol. The second-order valence-corrected chi connectivity index (χ2v) is 3.57. The number of nitroso groups, excluding NO2 is 1. The first-order valence-corrected chi connectivity index (χ1v) is 4.92. The van der Waals surface area contributed by atoms with E-state index >= 15 is 0 Å². The molecule has 2 N–H and O–H groups in total. The summed E-state index contributed by atoms with van der Waals surface area (Å²) in [4.78, 5) is 32.9. The van der Waals surface area contributed by atoms with Crippen molar-refractivity contribution in [3.8, 4) is 0 Å². The zero-order valence-corrected chi connectivity index (χ0v) is 8.95. The van der Waals surface area contributed by atoms with Crippen molar-refractivity contribution < 1.29 is 19.8 Å². The number of benzene rings is 2. The Morgan fingerprint density at radius 2 is 1.61 bits per heavy atom. The van der Waals surface area contributed by atoms with Crippen molar-refractivity contribution in [2.45, 2.75) is 0 Å². The maximum absolute atomic E-state index is 11.2. The lowest BCUT2D eigenvalue weighted by Gasteiger charge is -2.07. The number of nitrogens with zero attached hydrogens (tertiary/aromatic N) is 1. The summed E-state index contributed by atoms with van der Waals surface area (Å²) < 4.78 is 0. The summed E-state index contributed by atoms with van der Waals surface area (Å²) in [7, 11) is 0. The summed E-state index contributed by atoms with van der Waals surface area (Å²) in [6, 6.07) is 7.11. The summed E-state index contributed by atoms with van der Waals surface area (Å²) in [6.45, 7) is 0. The summed E-state index contributed by atoms with van der Waals surface area (Å²) in [6.07, 6.45) is 0. The number of rotatable bonds is 3. The first-order valence-electron chi connectivity index (χ1n) is 4.92. The highest BCUT2D eigenvalue weighted by Gasteiger charge is 2.21. The smallest absolute Gasteiger partial charge is 0.337 e. The third-order valence-electron chi connectivity index (χ3n) is 2.57. The van der Waals surface area contributed by atoms with E-state index in [4.69, 9.17) is 10.2 Å². The third kappa shape index (κ3) is 1.69. The van der Waals surface area contributed by atoms with Crippen LogP contribution < -0.4 is 0 Å². The van der Waals surface area contributed by atoms with Gasteiger partial charge in [0.1, 0.15) is 5.69 Å². The number of carbonyl (C=O) groups is 2. The standard InChI is InChI=1S/C12H7NO5/c14-11(15)8-5-9(13-18)6-3-1-2-4-7(6)10(8)12(16)17/h1-5H,(H,14,15)(H,16,17). The number of aromatic carboxylic acids is 2. The molecular formula is C12H7NO5. The van der Waals surface area contributed by atoms with Crippen molar-refractivity contribution in [3.05, 3.63) is 46.4 Å². The molecule has 0 atom stereocenters. The largest absolute Gasteiger partial charge is 0.478 e. The Morgan fingerprint density at radius 1 is 1.00 bits per heavy atom. The lowest BCUT2D eigenvalue weighted by atomic mass is 9.97. The Morgan fingerprint density at radius 3 is 2.11 bits per heavy atom. The zero-order valence-electron chi connectivity index (χ0n) is 8.95. The molecule has 0 heterocycles. The van der Waals surface area contributed by atoms with Crippen LogP contribution in [0.25, 0.3) is 10.8 Å². The Hall–Kier alpha value is -2.76. The fraction of sp³-hybridized carbons (Fsp3) is 0. The number of hydrogen-bond donors (Lipinski definition) is 2. The molecule has 2 rings (SSSR count). The Kier molecular flexibility index (Phi) is 2.77. The Bertz CT molecular complexity index is 677. The monoisotopic (exact) mass is 245 g/mol. The quantitative estimate of drug-likeness (QED) is 0.809. The van der Waals surface area contributed by atoms with E-state index < -0.39 is 17.5 Å². The molecule has 0 spiro atoms. The van der Waals surface area contributed by atoms with E-state index in [0.717, 1.165) is 6.07 Å². The van der Waals surface area contributed by atoms with Crippen LogP contribution in [0.3, 0.4) is 0 Å². The van der Waals surface area contributed by atoms with E-state index in [2.05, 4.69) is 5.18 Å². The number of carboxylic acid groups (broad SMARTS) is 2. The van der Waals surface area contributed by atoms with E-state index in [0.29, 0.717) is 5.39 Å². The number of carboxylic acids is 2. The molecule has 0 saturated carbocycles. The van der Waals surface area contributed by atoms with Gasteiger partial charge in [-0.15, -0.1) is 4.91 Å². The van der Waals surface area contributed by atoms with Crippen LogP contribution in [0.15, 0.2) is 35.5 Å². The van der Waals surface area contributed by atoms with Crippen molar-refractivity contribution in [2.24, 2.45) is 5.18 Å². The minimum atomic E-state index is -1.41. The van der Waals surface area contributed by atoms with Crippen LogP contribution in [0.1, 0.15) is 20.7 Å². The first-order chi connectivity index (χ1) is 8.56. The van der Waals surface area contributed by atoms with Crippen LogP contribution in [0.2, 0.25) is 0 Å². The lowest BCUT2D eigenvalue weighted by molar-refractivity contribution is 0.0653. The van der Waals surface area contributed by atoms with Gasteiger partial charge in [0.05, 0.1) is 11.1 Å². The van der Waals surface area contributed by atoms with Gasteiger partial charge in [0.25, 0.3) is 0 Å². The van der Waals surface area contributed by atoms with Crippen molar-refractivity contribution >= 4 is 28.4 Å². The molecule has 6 heteroatoms. The molecule has 0 aliphatic rings. The molecule has 6 nitrogen and oxygen atoms in total. The second kappa shape index (κ2) is 4.25. The molecule has 90 valence electrons. The van der Waals surface area contributed by atoms with E-state index in [9.17, 15) is 14.5 Å². The molecule has 0 saturated heterocycles. The van der Waals surface area contributed by atoms with Crippen molar-refractivity contribution in [3.63, 3.8) is 0 Å². The molecule has 0 aromatic heterocycles. The topological polar surface area (TPSA) is 104 Å². The van der Waals surface area contributed by atoms with Gasteiger partial charge in [-0.05, 0) is 16.6 Å². The SMILES string of the molecule is O=Nc1cc(C(=O)O)c(C(=O)O)c2ccccc12. The molecule has 2 aromatic carbocycles. The maximum Gasteiger partial charge on any atom is 0.337 e. The summed E-state index contributed by atoms with van der Waals surface area (Å²) >= 11 is 0. The molecule has 18 heavy (non-hydrogen) atoms. The van der Waals surface area contributed by atoms with Crippen molar-refractivity contribution in [1.29, 1.82) is 0 Å². The van der Waals surface area contributed by atoms with Crippen LogP contribution in [-0.2, 0) is 0 Å². The van der Waals surface area contributed by atoms with Gasteiger partial charge in [-0.1, -0.05) is 24.3 Å². The van der Waals surface area contributed by atoms with Crippen LogP contribution >= 0.6 is 0 Å². The zero-order chi connectivity index (χ0) is 13.3. The van der Waals surface area contributed by atoms with E-state index in [1.807, 2.05) is 0 Å². The minimum absolute atomic E-state index is 0.0898. The molecular weight excluding hydrogens is 238 g/mol. The molecule has 0 amide bonds.